The van der Waals surface area contributed by atoms with Gasteiger partial charge in [-0.2, -0.15) is 0 Å². The zero-order valence-electron chi connectivity index (χ0n) is 12.1. The number of amides is 2. The minimum absolute atomic E-state index is 0.0914. The van der Waals surface area contributed by atoms with Crippen LogP contribution in [0.3, 0.4) is 0 Å². The standard InChI is InChI=1S/C15H19ClN2O3/c1-15(2)6-3-7-18(9-15)14(21)17-12-8-10(13(19)20)4-5-11(12)16/h4-5,8H,3,6-7,9H2,1-2H3,(H,17,21)(H,19,20). The first-order chi connectivity index (χ1) is 9.78. The normalized spacial score (nSPS) is 17.4. The molecule has 0 saturated carbocycles. The lowest BCUT2D eigenvalue weighted by Crippen LogP contribution is -2.45. The molecule has 1 fully saturated rings. The lowest BCUT2D eigenvalue weighted by atomic mass is 9.84. The summed E-state index contributed by atoms with van der Waals surface area (Å²) < 4.78 is 0. The summed E-state index contributed by atoms with van der Waals surface area (Å²) >= 11 is 6.01. The monoisotopic (exact) mass is 310 g/mol. The predicted octanol–water partition coefficient (Wildman–Crippen LogP) is 3.69. The number of likely N-dealkylation sites (tertiary alicyclic amines) is 1. The van der Waals surface area contributed by atoms with Crippen LogP contribution >= 0.6 is 11.6 Å². The number of carboxylic acid groups (broad SMARTS) is 1. The van der Waals surface area contributed by atoms with Gasteiger partial charge in [-0.15, -0.1) is 0 Å². The average molecular weight is 311 g/mol. The number of anilines is 1. The highest BCUT2D eigenvalue weighted by Crippen LogP contribution is 2.29. The molecule has 5 nitrogen and oxygen atoms in total. The van der Waals surface area contributed by atoms with E-state index in [0.717, 1.165) is 12.8 Å². The van der Waals surface area contributed by atoms with Gasteiger partial charge in [-0.05, 0) is 36.5 Å². The van der Waals surface area contributed by atoms with E-state index in [0.29, 0.717) is 23.8 Å². The summed E-state index contributed by atoms with van der Waals surface area (Å²) in [6, 6.07) is 4.01. The molecule has 0 aromatic heterocycles. The van der Waals surface area contributed by atoms with E-state index in [-0.39, 0.29) is 17.0 Å². The zero-order chi connectivity index (χ0) is 15.6. The van der Waals surface area contributed by atoms with Crippen molar-refractivity contribution in [2.45, 2.75) is 26.7 Å². The van der Waals surface area contributed by atoms with Crippen LogP contribution in [0.1, 0.15) is 37.0 Å². The Bertz CT molecular complexity index is 572. The number of hydrogen-bond acceptors (Lipinski definition) is 2. The smallest absolute Gasteiger partial charge is 0.335 e. The molecule has 1 aliphatic rings. The number of nitrogens with zero attached hydrogens (tertiary/aromatic N) is 1. The summed E-state index contributed by atoms with van der Waals surface area (Å²) in [6.45, 7) is 5.63. The molecule has 6 heteroatoms. The maximum absolute atomic E-state index is 12.3. The molecule has 1 aliphatic heterocycles. The number of halogens is 1. The average Bonchev–Trinajstić information content (AvgIpc) is 2.39. The molecule has 2 N–H and O–H groups in total. The third kappa shape index (κ3) is 3.88. The van der Waals surface area contributed by atoms with Crippen LogP contribution in [0.25, 0.3) is 0 Å². The lowest BCUT2D eigenvalue weighted by molar-refractivity contribution is 0.0697. The molecule has 1 aromatic carbocycles. The maximum atomic E-state index is 12.3. The van der Waals surface area contributed by atoms with E-state index in [2.05, 4.69) is 19.2 Å². The number of rotatable bonds is 2. The Hall–Kier alpha value is -1.75. The number of urea groups is 1. The molecule has 1 aromatic rings. The molecule has 1 saturated heterocycles. The molecule has 0 radical (unpaired) electrons. The van der Waals surface area contributed by atoms with Gasteiger partial charge in [-0.25, -0.2) is 9.59 Å². The van der Waals surface area contributed by atoms with Gasteiger partial charge in [-0.3, -0.25) is 0 Å². The van der Waals surface area contributed by atoms with Crippen molar-refractivity contribution in [3.05, 3.63) is 28.8 Å². The van der Waals surface area contributed by atoms with Crippen molar-refractivity contribution in [1.29, 1.82) is 0 Å². The van der Waals surface area contributed by atoms with E-state index in [1.54, 1.807) is 4.90 Å². The Balaban J connectivity index is 2.12. The van der Waals surface area contributed by atoms with Gasteiger partial charge >= 0.3 is 12.0 Å². The Kier molecular flexibility index (Phi) is 4.42. The molecule has 0 bridgehead atoms. The van der Waals surface area contributed by atoms with Crippen LogP contribution in [-0.2, 0) is 0 Å². The number of nitrogens with one attached hydrogen (secondary N) is 1. The minimum atomic E-state index is -1.05. The first-order valence-electron chi connectivity index (χ1n) is 6.87. The van der Waals surface area contributed by atoms with Gasteiger partial charge in [0.2, 0.25) is 0 Å². The van der Waals surface area contributed by atoms with Crippen LogP contribution in [0.5, 0.6) is 0 Å². The summed E-state index contributed by atoms with van der Waals surface area (Å²) in [5.74, 6) is -1.05. The molecule has 0 unspecified atom stereocenters. The van der Waals surface area contributed by atoms with Crippen LogP contribution in [-0.4, -0.2) is 35.1 Å². The van der Waals surface area contributed by atoms with E-state index >= 15 is 0 Å². The van der Waals surface area contributed by atoms with Crippen LogP contribution in [0, 0.1) is 5.41 Å². The maximum Gasteiger partial charge on any atom is 0.335 e. The fourth-order valence-corrected chi connectivity index (χ4v) is 2.71. The number of aromatic carboxylic acids is 1. The van der Waals surface area contributed by atoms with Crippen molar-refractivity contribution in [3.63, 3.8) is 0 Å². The van der Waals surface area contributed by atoms with Gasteiger partial charge in [0.15, 0.2) is 0 Å². The quantitative estimate of drug-likeness (QED) is 0.875. The van der Waals surface area contributed by atoms with Crippen molar-refractivity contribution in [1.82, 2.24) is 4.90 Å². The second kappa shape index (κ2) is 5.93. The lowest BCUT2D eigenvalue weighted by Gasteiger charge is -2.38. The molecule has 114 valence electrons. The van der Waals surface area contributed by atoms with Crippen LogP contribution in [0.15, 0.2) is 18.2 Å². The molecule has 2 rings (SSSR count). The highest BCUT2D eigenvalue weighted by molar-refractivity contribution is 6.33. The number of carbonyl (C=O) groups excluding carboxylic acids is 1. The molecule has 0 spiro atoms. The van der Waals surface area contributed by atoms with Gasteiger partial charge in [0.1, 0.15) is 0 Å². The summed E-state index contributed by atoms with van der Waals surface area (Å²) in [6.07, 6.45) is 2.05. The fraction of sp³-hybridized carbons (Fsp3) is 0.467. The summed E-state index contributed by atoms with van der Waals surface area (Å²) in [4.78, 5) is 25.0. The molecular weight excluding hydrogens is 292 g/mol. The summed E-state index contributed by atoms with van der Waals surface area (Å²) in [5, 5.41) is 12.0. The molecule has 21 heavy (non-hydrogen) atoms. The van der Waals surface area contributed by atoms with Gasteiger partial charge in [-0.1, -0.05) is 25.4 Å². The fourth-order valence-electron chi connectivity index (χ4n) is 2.54. The number of piperidine rings is 1. The van der Waals surface area contributed by atoms with Crippen molar-refractivity contribution in [2.75, 3.05) is 18.4 Å². The van der Waals surface area contributed by atoms with E-state index in [1.807, 2.05) is 0 Å². The van der Waals surface area contributed by atoms with Crippen molar-refractivity contribution < 1.29 is 14.7 Å². The third-order valence-corrected chi connectivity index (χ3v) is 3.97. The van der Waals surface area contributed by atoms with Crippen molar-refractivity contribution in [3.8, 4) is 0 Å². The molecule has 0 atom stereocenters. The number of carboxylic acids is 1. The number of hydrogen-bond donors (Lipinski definition) is 2. The van der Waals surface area contributed by atoms with Crippen LogP contribution in [0.2, 0.25) is 5.02 Å². The van der Waals surface area contributed by atoms with Gasteiger partial charge < -0.3 is 15.3 Å². The SMILES string of the molecule is CC1(C)CCCN(C(=O)Nc2cc(C(=O)O)ccc2Cl)C1. The first-order valence-corrected chi connectivity index (χ1v) is 7.25. The van der Waals surface area contributed by atoms with Crippen LogP contribution < -0.4 is 5.32 Å². The Labute approximate surface area is 128 Å². The molecule has 1 heterocycles. The topological polar surface area (TPSA) is 69.6 Å². The highest BCUT2D eigenvalue weighted by Gasteiger charge is 2.29. The van der Waals surface area contributed by atoms with Crippen molar-refractivity contribution in [2.24, 2.45) is 5.41 Å². The van der Waals surface area contributed by atoms with E-state index in [9.17, 15) is 9.59 Å². The number of carbonyl (C=O) groups is 2. The van der Waals surface area contributed by atoms with Gasteiger partial charge in [0, 0.05) is 13.1 Å². The largest absolute Gasteiger partial charge is 0.478 e. The predicted molar refractivity (Wildman–Crippen MR) is 82.0 cm³/mol. The highest BCUT2D eigenvalue weighted by atomic mass is 35.5. The zero-order valence-corrected chi connectivity index (χ0v) is 12.9. The van der Waals surface area contributed by atoms with Crippen molar-refractivity contribution >= 4 is 29.3 Å². The Morgan fingerprint density at radius 1 is 1.38 bits per heavy atom. The van der Waals surface area contributed by atoms with Gasteiger partial charge in [0.05, 0.1) is 16.3 Å². The second-order valence-electron chi connectivity index (χ2n) is 6.12. The molecular formula is C15H19ClN2O3. The van der Waals surface area contributed by atoms with E-state index < -0.39 is 5.97 Å². The third-order valence-electron chi connectivity index (χ3n) is 3.64. The summed E-state index contributed by atoms with van der Waals surface area (Å²) in [5.41, 5.74) is 0.515. The Morgan fingerprint density at radius 2 is 2.10 bits per heavy atom. The number of benzene rings is 1. The summed E-state index contributed by atoms with van der Waals surface area (Å²) in [7, 11) is 0. The van der Waals surface area contributed by atoms with Crippen LogP contribution in [0.4, 0.5) is 10.5 Å². The minimum Gasteiger partial charge on any atom is -0.478 e. The molecule has 2 amide bonds. The second-order valence-corrected chi connectivity index (χ2v) is 6.53. The first kappa shape index (κ1) is 15.6. The Morgan fingerprint density at radius 3 is 2.71 bits per heavy atom. The van der Waals surface area contributed by atoms with Gasteiger partial charge in [0.25, 0.3) is 0 Å². The molecule has 0 aliphatic carbocycles. The van der Waals surface area contributed by atoms with E-state index in [1.165, 1.54) is 18.2 Å². The van der Waals surface area contributed by atoms with E-state index in [4.69, 9.17) is 16.7 Å².